The maximum atomic E-state index is 12.0. The van der Waals surface area contributed by atoms with Gasteiger partial charge >= 0.3 is 0 Å². The molecule has 0 saturated carbocycles. The van der Waals surface area contributed by atoms with Crippen LogP contribution in [0.2, 0.25) is 0 Å². The lowest BCUT2D eigenvalue weighted by molar-refractivity contribution is -0.128. The first kappa shape index (κ1) is 26.4. The molecule has 0 unspecified atom stereocenters. The number of nitrogens with one attached hydrogen (secondary N) is 1. The average molecular weight is 442 g/mol. The average Bonchev–Trinajstić information content (AvgIpc) is 3.11. The van der Waals surface area contributed by atoms with Crippen LogP contribution in [0.5, 0.6) is 0 Å². The van der Waals surface area contributed by atoms with Crippen LogP contribution in [0.4, 0.5) is 0 Å². The summed E-state index contributed by atoms with van der Waals surface area (Å²) in [5.41, 5.74) is 2.09. The van der Waals surface area contributed by atoms with Crippen molar-refractivity contribution < 1.29 is 4.79 Å². The molecule has 1 aromatic heterocycles. The van der Waals surface area contributed by atoms with Gasteiger partial charge in [0.25, 0.3) is 0 Å². The van der Waals surface area contributed by atoms with Crippen molar-refractivity contribution in [1.29, 1.82) is 0 Å². The Morgan fingerprint density at radius 1 is 0.875 bits per heavy atom. The highest BCUT2D eigenvalue weighted by atomic mass is 16.2. The summed E-state index contributed by atoms with van der Waals surface area (Å²) in [7, 11) is 0. The van der Waals surface area contributed by atoms with Crippen molar-refractivity contribution in [3.8, 4) is 0 Å². The van der Waals surface area contributed by atoms with Crippen molar-refractivity contribution >= 4 is 16.9 Å². The molecule has 0 bridgehead atoms. The van der Waals surface area contributed by atoms with Crippen LogP contribution in [0.1, 0.15) is 111 Å². The van der Waals surface area contributed by atoms with Crippen molar-refractivity contribution in [2.24, 2.45) is 5.41 Å². The van der Waals surface area contributed by atoms with Crippen LogP contribution in [0.15, 0.2) is 24.3 Å². The largest absolute Gasteiger partial charge is 0.356 e. The monoisotopic (exact) mass is 441 g/mol. The van der Waals surface area contributed by atoms with E-state index in [1.54, 1.807) is 0 Å². The first-order valence-electron chi connectivity index (χ1n) is 13.2. The number of hydrogen-bond acceptors (Lipinski definition) is 2. The van der Waals surface area contributed by atoms with Crippen molar-refractivity contribution in [2.45, 2.75) is 118 Å². The molecular weight excluding hydrogens is 394 g/mol. The second kappa shape index (κ2) is 14.3. The Morgan fingerprint density at radius 2 is 1.50 bits per heavy atom. The van der Waals surface area contributed by atoms with E-state index in [0.717, 1.165) is 44.3 Å². The normalized spacial score (nSPS) is 11.9. The summed E-state index contributed by atoms with van der Waals surface area (Å²) in [4.78, 5) is 16.9. The molecule has 0 fully saturated rings. The lowest BCUT2D eigenvalue weighted by Gasteiger charge is -2.17. The number of amides is 1. The fourth-order valence-corrected chi connectivity index (χ4v) is 4.20. The molecule has 2 rings (SSSR count). The minimum atomic E-state index is -0.306. The van der Waals surface area contributed by atoms with Crippen molar-refractivity contribution in [2.75, 3.05) is 6.54 Å². The molecule has 1 amide bonds. The molecule has 0 aliphatic heterocycles. The number of hydrogen-bond donors (Lipinski definition) is 1. The van der Waals surface area contributed by atoms with E-state index in [2.05, 4.69) is 41.1 Å². The summed E-state index contributed by atoms with van der Waals surface area (Å²) >= 11 is 0. The number of rotatable bonds is 16. The number of aryl methyl sites for hydroxylation is 2. The molecule has 32 heavy (non-hydrogen) atoms. The zero-order valence-corrected chi connectivity index (χ0v) is 21.2. The number of carbonyl (C=O) groups excluding carboxylic acids is 1. The summed E-state index contributed by atoms with van der Waals surface area (Å²) in [6, 6.07) is 8.55. The van der Waals surface area contributed by atoms with Gasteiger partial charge in [-0.3, -0.25) is 4.79 Å². The summed E-state index contributed by atoms with van der Waals surface area (Å²) in [5, 5.41) is 3.05. The number of imidazole rings is 1. The van der Waals surface area contributed by atoms with E-state index in [-0.39, 0.29) is 11.3 Å². The molecule has 180 valence electrons. The third kappa shape index (κ3) is 9.34. The number of benzene rings is 1. The fraction of sp³-hybridized carbons (Fsp3) is 0.714. The summed E-state index contributed by atoms with van der Waals surface area (Å²) in [6.07, 6.45) is 16.5. The Hall–Kier alpha value is -1.84. The number of aromatic nitrogens is 2. The molecule has 0 radical (unpaired) electrons. The van der Waals surface area contributed by atoms with Gasteiger partial charge in [-0.2, -0.15) is 0 Å². The molecule has 4 heteroatoms. The van der Waals surface area contributed by atoms with Gasteiger partial charge in [0.05, 0.1) is 11.0 Å². The predicted octanol–water partition coefficient (Wildman–Crippen LogP) is 7.44. The minimum absolute atomic E-state index is 0.139. The first-order valence-corrected chi connectivity index (χ1v) is 13.2. The second-order valence-electron chi connectivity index (χ2n) is 10.3. The molecule has 0 aliphatic carbocycles. The molecule has 1 heterocycles. The lowest BCUT2D eigenvalue weighted by Crippen LogP contribution is -2.35. The smallest absolute Gasteiger partial charge is 0.225 e. The van der Waals surface area contributed by atoms with E-state index >= 15 is 0 Å². The second-order valence-corrected chi connectivity index (χ2v) is 10.3. The number of para-hydroxylation sites is 2. The van der Waals surface area contributed by atoms with Crippen molar-refractivity contribution in [1.82, 2.24) is 14.9 Å². The molecule has 4 nitrogen and oxygen atoms in total. The lowest BCUT2D eigenvalue weighted by atomic mass is 9.96. The van der Waals surface area contributed by atoms with Crippen LogP contribution in [0.25, 0.3) is 11.0 Å². The van der Waals surface area contributed by atoms with E-state index in [0.29, 0.717) is 0 Å². The van der Waals surface area contributed by atoms with Crippen LogP contribution in [-0.4, -0.2) is 22.0 Å². The third-order valence-corrected chi connectivity index (χ3v) is 6.26. The maximum absolute atomic E-state index is 12.0. The molecular formula is C28H47N3O. The van der Waals surface area contributed by atoms with E-state index in [4.69, 9.17) is 4.98 Å². The van der Waals surface area contributed by atoms with Gasteiger partial charge < -0.3 is 9.88 Å². The molecule has 0 spiro atoms. The van der Waals surface area contributed by atoms with Gasteiger partial charge in [-0.15, -0.1) is 0 Å². The van der Waals surface area contributed by atoms with Gasteiger partial charge in [0.1, 0.15) is 5.82 Å². The van der Waals surface area contributed by atoms with Crippen LogP contribution < -0.4 is 5.32 Å². The summed E-state index contributed by atoms with van der Waals surface area (Å²) in [6.45, 7) is 10.0. The summed E-state index contributed by atoms with van der Waals surface area (Å²) < 4.78 is 2.46. The Morgan fingerprint density at radius 3 is 2.19 bits per heavy atom. The highest BCUT2D eigenvalue weighted by Crippen LogP contribution is 2.20. The zero-order chi connectivity index (χ0) is 23.2. The Balaban J connectivity index is 1.73. The Kier molecular flexibility index (Phi) is 11.8. The van der Waals surface area contributed by atoms with Crippen LogP contribution >= 0.6 is 0 Å². The van der Waals surface area contributed by atoms with Crippen LogP contribution in [-0.2, 0) is 17.8 Å². The van der Waals surface area contributed by atoms with Crippen molar-refractivity contribution in [3.63, 3.8) is 0 Å². The highest BCUT2D eigenvalue weighted by Gasteiger charge is 2.20. The molecule has 0 atom stereocenters. The van der Waals surface area contributed by atoms with Gasteiger partial charge in [0.15, 0.2) is 0 Å². The minimum Gasteiger partial charge on any atom is -0.356 e. The van der Waals surface area contributed by atoms with Gasteiger partial charge in [-0.05, 0) is 31.4 Å². The SMILES string of the molecule is CCCCCCCCCCCn1c(CCCCCNC(=O)C(C)(C)C)nc2ccccc21. The van der Waals surface area contributed by atoms with Gasteiger partial charge in [0.2, 0.25) is 5.91 Å². The van der Waals surface area contributed by atoms with E-state index in [1.165, 1.54) is 69.1 Å². The molecule has 1 aromatic carbocycles. The van der Waals surface area contributed by atoms with E-state index in [1.807, 2.05) is 20.8 Å². The zero-order valence-electron chi connectivity index (χ0n) is 21.2. The number of fused-ring (bicyclic) bond motifs is 1. The quantitative estimate of drug-likeness (QED) is 0.275. The van der Waals surface area contributed by atoms with E-state index in [9.17, 15) is 4.79 Å². The predicted molar refractivity (Wildman–Crippen MR) is 137 cm³/mol. The summed E-state index contributed by atoms with van der Waals surface area (Å²) in [5.74, 6) is 1.37. The van der Waals surface area contributed by atoms with Crippen molar-refractivity contribution in [3.05, 3.63) is 30.1 Å². The molecule has 0 aliphatic rings. The molecule has 1 N–H and O–H groups in total. The third-order valence-electron chi connectivity index (χ3n) is 6.26. The van der Waals surface area contributed by atoms with Gasteiger partial charge in [0, 0.05) is 24.9 Å². The molecule has 2 aromatic rings. The van der Waals surface area contributed by atoms with Crippen LogP contribution in [0.3, 0.4) is 0 Å². The van der Waals surface area contributed by atoms with Gasteiger partial charge in [-0.1, -0.05) is 97.6 Å². The number of nitrogens with zero attached hydrogens (tertiary/aromatic N) is 2. The Labute approximate surface area is 196 Å². The molecule has 0 saturated heterocycles. The van der Waals surface area contributed by atoms with Crippen LogP contribution in [0, 0.1) is 5.41 Å². The van der Waals surface area contributed by atoms with Gasteiger partial charge in [-0.25, -0.2) is 4.98 Å². The standard InChI is InChI=1S/C28H47N3O/c1-5-6-7-8-9-10-11-12-18-23-31-25-20-16-15-19-24(25)30-26(31)21-14-13-17-22-29-27(32)28(2,3)4/h15-16,19-20H,5-14,17-18,21-23H2,1-4H3,(H,29,32). The number of unbranched alkanes of at least 4 members (excludes halogenated alkanes) is 10. The highest BCUT2D eigenvalue weighted by molar-refractivity contribution is 5.81. The maximum Gasteiger partial charge on any atom is 0.225 e. The topological polar surface area (TPSA) is 46.9 Å². The first-order chi connectivity index (χ1) is 15.4. The fourth-order valence-electron chi connectivity index (χ4n) is 4.20. The van der Waals surface area contributed by atoms with E-state index < -0.39 is 0 Å². The Bertz CT molecular complexity index is 788. The number of carbonyl (C=O) groups is 1.